The van der Waals surface area contributed by atoms with Crippen LogP contribution in [0, 0.1) is 0 Å². The summed E-state index contributed by atoms with van der Waals surface area (Å²) in [6, 6.07) is 0. The van der Waals surface area contributed by atoms with E-state index in [0.717, 1.165) is 17.8 Å². The van der Waals surface area contributed by atoms with Gasteiger partial charge in [0.25, 0.3) is 0 Å². The van der Waals surface area contributed by atoms with Crippen LogP contribution >= 0.6 is 11.3 Å². The number of hydrogen-bond acceptors (Lipinski definition) is 3. The average Bonchev–Trinajstić information content (AvgIpc) is 2.83. The molecule has 1 heterocycles. The number of nitrogens with two attached hydrogens (primary N) is 1. The van der Waals surface area contributed by atoms with Gasteiger partial charge in [0.1, 0.15) is 5.69 Å². The molecule has 0 aromatic carbocycles. The van der Waals surface area contributed by atoms with E-state index >= 15 is 0 Å². The van der Waals surface area contributed by atoms with Gasteiger partial charge in [-0.05, 0) is 12.8 Å². The zero-order valence-corrected chi connectivity index (χ0v) is 7.78. The Morgan fingerprint density at radius 2 is 2.31 bits per heavy atom. The van der Waals surface area contributed by atoms with Crippen molar-refractivity contribution >= 4 is 11.3 Å². The van der Waals surface area contributed by atoms with E-state index < -0.39 is 12.5 Å². The number of alkyl halides is 2. The van der Waals surface area contributed by atoms with Crippen LogP contribution in [0.3, 0.4) is 0 Å². The van der Waals surface area contributed by atoms with Crippen LogP contribution in [-0.2, 0) is 5.92 Å². The summed E-state index contributed by atoms with van der Waals surface area (Å²) in [5.41, 5.74) is 4.79. The Kier molecular flexibility index (Phi) is 2.08. The quantitative estimate of drug-likeness (QED) is 0.818. The first-order valence-electron chi connectivity index (χ1n) is 4.17. The highest BCUT2D eigenvalue weighted by atomic mass is 32.1. The van der Waals surface area contributed by atoms with Crippen molar-refractivity contribution in [2.45, 2.75) is 24.7 Å². The molecule has 2 rings (SSSR count). The Labute approximate surface area is 78.8 Å². The number of thiazole rings is 1. The first kappa shape index (κ1) is 9.02. The van der Waals surface area contributed by atoms with Crippen molar-refractivity contribution in [3.8, 4) is 0 Å². The van der Waals surface area contributed by atoms with Crippen LogP contribution in [0.15, 0.2) is 5.38 Å². The number of halogens is 2. The predicted octanol–water partition coefficient (Wildman–Crippen LogP) is 2.07. The number of hydrogen-bond donors (Lipinski definition) is 1. The zero-order valence-electron chi connectivity index (χ0n) is 6.96. The normalized spacial score (nSPS) is 17.8. The molecule has 1 aliphatic carbocycles. The van der Waals surface area contributed by atoms with Gasteiger partial charge < -0.3 is 5.73 Å². The maximum Gasteiger partial charge on any atom is 0.302 e. The molecule has 13 heavy (non-hydrogen) atoms. The summed E-state index contributed by atoms with van der Waals surface area (Å²) in [4.78, 5) is 3.90. The topological polar surface area (TPSA) is 38.9 Å². The Hall–Kier alpha value is -0.550. The third kappa shape index (κ3) is 1.71. The van der Waals surface area contributed by atoms with Gasteiger partial charge in [0.05, 0.1) is 11.6 Å². The lowest BCUT2D eigenvalue weighted by Crippen LogP contribution is -2.25. The molecule has 1 fully saturated rings. The summed E-state index contributed by atoms with van der Waals surface area (Å²) in [5.74, 6) is -2.52. The van der Waals surface area contributed by atoms with Gasteiger partial charge >= 0.3 is 5.92 Å². The van der Waals surface area contributed by atoms with Crippen LogP contribution < -0.4 is 5.73 Å². The molecule has 72 valence electrons. The molecule has 2 nitrogen and oxygen atoms in total. The van der Waals surface area contributed by atoms with Crippen molar-refractivity contribution in [2.75, 3.05) is 6.54 Å². The minimum atomic E-state index is -2.95. The van der Waals surface area contributed by atoms with Crippen LogP contribution in [0.5, 0.6) is 0 Å². The van der Waals surface area contributed by atoms with Gasteiger partial charge in [0.2, 0.25) is 0 Å². The summed E-state index contributed by atoms with van der Waals surface area (Å²) >= 11 is 1.32. The predicted molar refractivity (Wildman–Crippen MR) is 47.0 cm³/mol. The molecule has 0 radical (unpaired) electrons. The summed E-state index contributed by atoms with van der Waals surface area (Å²) in [6.07, 6.45) is 2.17. The van der Waals surface area contributed by atoms with Crippen molar-refractivity contribution in [3.05, 3.63) is 16.1 Å². The van der Waals surface area contributed by atoms with E-state index in [1.54, 1.807) is 0 Å². The van der Waals surface area contributed by atoms with E-state index in [2.05, 4.69) is 4.98 Å². The largest absolute Gasteiger partial charge is 0.325 e. The standard InChI is InChI=1S/C8H10F2N2S/c9-8(10,4-11)6-3-13-7(12-6)5-1-2-5/h3,5H,1-2,4,11H2. The van der Waals surface area contributed by atoms with E-state index in [9.17, 15) is 8.78 Å². The third-order valence-electron chi connectivity index (χ3n) is 2.08. The van der Waals surface area contributed by atoms with Gasteiger partial charge in [-0.25, -0.2) is 4.98 Å². The minimum absolute atomic E-state index is 0.165. The van der Waals surface area contributed by atoms with Gasteiger partial charge in [-0.15, -0.1) is 11.3 Å². The second-order valence-corrected chi connectivity index (χ2v) is 4.14. The Morgan fingerprint density at radius 3 is 2.85 bits per heavy atom. The Balaban J connectivity index is 2.20. The fraction of sp³-hybridized carbons (Fsp3) is 0.625. The summed E-state index contributed by atoms with van der Waals surface area (Å²) in [7, 11) is 0. The van der Waals surface area contributed by atoms with Crippen molar-refractivity contribution in [1.82, 2.24) is 4.98 Å². The summed E-state index contributed by atoms with van der Waals surface area (Å²) < 4.78 is 26.0. The first-order valence-corrected chi connectivity index (χ1v) is 5.05. The molecule has 2 N–H and O–H groups in total. The maximum absolute atomic E-state index is 13.0. The highest BCUT2D eigenvalue weighted by Gasteiger charge is 2.35. The van der Waals surface area contributed by atoms with Crippen molar-refractivity contribution in [3.63, 3.8) is 0 Å². The SMILES string of the molecule is NCC(F)(F)c1csc(C2CC2)n1. The number of aromatic nitrogens is 1. The molecule has 0 aliphatic heterocycles. The zero-order chi connectivity index (χ0) is 9.47. The highest BCUT2D eigenvalue weighted by Crippen LogP contribution is 2.42. The lowest BCUT2D eigenvalue weighted by atomic mass is 10.2. The molecular formula is C8H10F2N2S. The van der Waals surface area contributed by atoms with Crippen molar-refractivity contribution < 1.29 is 8.78 Å². The lowest BCUT2D eigenvalue weighted by Gasteiger charge is -2.09. The molecule has 0 unspecified atom stereocenters. The minimum Gasteiger partial charge on any atom is -0.325 e. The van der Waals surface area contributed by atoms with Crippen LogP contribution in [0.2, 0.25) is 0 Å². The maximum atomic E-state index is 13.0. The lowest BCUT2D eigenvalue weighted by molar-refractivity contribution is 0.00187. The molecule has 0 atom stereocenters. The fourth-order valence-corrected chi connectivity index (χ4v) is 2.11. The van der Waals surface area contributed by atoms with Gasteiger partial charge in [-0.3, -0.25) is 0 Å². The third-order valence-corrected chi connectivity index (χ3v) is 3.09. The molecule has 0 saturated heterocycles. The van der Waals surface area contributed by atoms with Crippen LogP contribution in [0.1, 0.15) is 29.5 Å². The monoisotopic (exact) mass is 204 g/mol. The van der Waals surface area contributed by atoms with Gasteiger partial charge in [-0.2, -0.15) is 8.78 Å². The molecule has 0 amide bonds. The van der Waals surface area contributed by atoms with E-state index in [-0.39, 0.29) is 5.69 Å². The van der Waals surface area contributed by atoms with E-state index in [4.69, 9.17) is 5.73 Å². The van der Waals surface area contributed by atoms with Crippen LogP contribution in [0.4, 0.5) is 8.78 Å². The van der Waals surface area contributed by atoms with Crippen LogP contribution in [0.25, 0.3) is 0 Å². The summed E-state index contributed by atoms with van der Waals surface area (Å²) in [5, 5.41) is 2.25. The second kappa shape index (κ2) is 2.99. The second-order valence-electron chi connectivity index (χ2n) is 3.25. The number of rotatable bonds is 3. The molecule has 1 aromatic rings. The summed E-state index contributed by atoms with van der Waals surface area (Å²) in [6.45, 7) is -0.666. The Bertz CT molecular complexity index is 307. The van der Waals surface area contributed by atoms with E-state index in [1.165, 1.54) is 16.7 Å². The Morgan fingerprint density at radius 1 is 1.62 bits per heavy atom. The smallest absolute Gasteiger partial charge is 0.302 e. The molecule has 0 spiro atoms. The highest BCUT2D eigenvalue weighted by molar-refractivity contribution is 7.09. The van der Waals surface area contributed by atoms with E-state index in [1.807, 2.05) is 0 Å². The van der Waals surface area contributed by atoms with Crippen LogP contribution in [-0.4, -0.2) is 11.5 Å². The molecule has 0 bridgehead atoms. The molecule has 1 saturated carbocycles. The van der Waals surface area contributed by atoms with Gasteiger partial charge in [-0.1, -0.05) is 0 Å². The van der Waals surface area contributed by atoms with Gasteiger partial charge in [0.15, 0.2) is 0 Å². The average molecular weight is 204 g/mol. The molecule has 1 aromatic heterocycles. The molecule has 1 aliphatic rings. The number of nitrogens with zero attached hydrogens (tertiary/aromatic N) is 1. The van der Waals surface area contributed by atoms with Gasteiger partial charge in [0, 0.05) is 11.3 Å². The fourth-order valence-electron chi connectivity index (χ4n) is 1.08. The first-order chi connectivity index (χ1) is 6.13. The molecule has 5 heteroatoms. The van der Waals surface area contributed by atoms with Crippen molar-refractivity contribution in [2.24, 2.45) is 5.73 Å². The van der Waals surface area contributed by atoms with Crippen molar-refractivity contribution in [1.29, 1.82) is 0 Å². The molecular weight excluding hydrogens is 194 g/mol. The van der Waals surface area contributed by atoms with E-state index in [0.29, 0.717) is 5.92 Å².